The number of nitrogens with one attached hydrogen (secondary N) is 1. The molecule has 122 valence electrons. The van der Waals surface area contributed by atoms with Gasteiger partial charge in [-0.3, -0.25) is 9.59 Å². The molecule has 0 spiro atoms. The summed E-state index contributed by atoms with van der Waals surface area (Å²) in [4.78, 5) is 25.5. The summed E-state index contributed by atoms with van der Waals surface area (Å²) in [6.45, 7) is 1.08. The predicted octanol–water partition coefficient (Wildman–Crippen LogP) is 2.32. The first-order valence-electron chi connectivity index (χ1n) is 8.07. The molecule has 0 aliphatic heterocycles. The summed E-state index contributed by atoms with van der Waals surface area (Å²) in [7, 11) is 0. The highest BCUT2D eigenvalue weighted by Crippen LogP contribution is 2.43. The zero-order valence-electron chi connectivity index (χ0n) is 13.0. The summed E-state index contributed by atoms with van der Waals surface area (Å²) in [6.07, 6.45) is 6.37. The molecule has 0 radical (unpaired) electrons. The smallest absolute Gasteiger partial charge is 0.266 e. The van der Waals surface area contributed by atoms with Crippen LogP contribution in [0.25, 0.3) is 0 Å². The number of thiophene rings is 1. The maximum atomic E-state index is 12.8. The van der Waals surface area contributed by atoms with E-state index in [4.69, 9.17) is 0 Å². The van der Waals surface area contributed by atoms with Crippen LogP contribution in [0.2, 0.25) is 0 Å². The fourth-order valence-electron chi connectivity index (χ4n) is 3.27. The number of hydrogen-bond donors (Lipinski definition) is 1. The zero-order chi connectivity index (χ0) is 16.1. The summed E-state index contributed by atoms with van der Waals surface area (Å²) in [5.74, 6) is 0.130. The van der Waals surface area contributed by atoms with Crippen molar-refractivity contribution in [2.75, 3.05) is 6.54 Å². The number of rotatable bonds is 6. The third-order valence-corrected chi connectivity index (χ3v) is 5.58. The Morgan fingerprint density at radius 2 is 2.13 bits per heavy atom. The first-order chi connectivity index (χ1) is 11.2. The fourth-order valence-corrected chi connectivity index (χ4v) is 4.25. The van der Waals surface area contributed by atoms with E-state index < -0.39 is 0 Å². The molecule has 1 aliphatic carbocycles. The second-order valence-corrected chi connectivity index (χ2v) is 6.91. The minimum Gasteiger partial charge on any atom is -0.355 e. The third kappa shape index (κ3) is 3.37. The van der Waals surface area contributed by atoms with E-state index in [9.17, 15) is 9.59 Å². The Labute approximate surface area is 139 Å². The van der Waals surface area contributed by atoms with Crippen LogP contribution < -0.4 is 10.9 Å². The van der Waals surface area contributed by atoms with Gasteiger partial charge >= 0.3 is 0 Å². The van der Waals surface area contributed by atoms with Crippen molar-refractivity contribution in [1.29, 1.82) is 0 Å². The second kappa shape index (κ2) is 7.08. The standard InChI is InChI=1S/C17H21N3O2S/c21-15-7-3-11-19-20(15)12-5-10-18-16(22)17(8-1-2-9-17)14-6-4-13-23-14/h3-4,6-7,11,13H,1-2,5,8-10,12H2,(H,18,22). The highest BCUT2D eigenvalue weighted by molar-refractivity contribution is 7.10. The predicted molar refractivity (Wildman–Crippen MR) is 90.6 cm³/mol. The van der Waals surface area contributed by atoms with Gasteiger partial charge in [0.25, 0.3) is 5.56 Å². The molecule has 6 heteroatoms. The second-order valence-electron chi connectivity index (χ2n) is 5.96. The number of aryl methyl sites for hydroxylation is 1. The highest BCUT2D eigenvalue weighted by atomic mass is 32.1. The Hall–Kier alpha value is -1.95. The van der Waals surface area contributed by atoms with E-state index >= 15 is 0 Å². The molecule has 0 aromatic carbocycles. The van der Waals surface area contributed by atoms with Gasteiger partial charge in [0.15, 0.2) is 0 Å². The summed E-state index contributed by atoms with van der Waals surface area (Å²) in [5, 5.41) is 9.13. The van der Waals surface area contributed by atoms with Gasteiger partial charge in [-0.15, -0.1) is 11.3 Å². The Balaban J connectivity index is 1.56. The van der Waals surface area contributed by atoms with Crippen LogP contribution in [0.1, 0.15) is 37.0 Å². The largest absolute Gasteiger partial charge is 0.355 e. The summed E-state index contributed by atoms with van der Waals surface area (Å²) < 4.78 is 1.43. The number of aromatic nitrogens is 2. The number of carbonyl (C=O) groups is 1. The molecule has 2 aromatic heterocycles. The molecular weight excluding hydrogens is 310 g/mol. The molecule has 0 bridgehead atoms. The average Bonchev–Trinajstić information content (AvgIpc) is 3.24. The molecule has 0 atom stereocenters. The average molecular weight is 331 g/mol. The molecule has 23 heavy (non-hydrogen) atoms. The van der Waals surface area contributed by atoms with Gasteiger partial charge in [-0.05, 0) is 36.8 Å². The van der Waals surface area contributed by atoms with E-state index in [2.05, 4.69) is 16.5 Å². The molecule has 3 rings (SSSR count). The molecule has 0 saturated heterocycles. The van der Waals surface area contributed by atoms with Gasteiger partial charge in [0.05, 0.1) is 5.41 Å². The van der Waals surface area contributed by atoms with E-state index in [1.165, 1.54) is 15.6 Å². The maximum Gasteiger partial charge on any atom is 0.266 e. The maximum absolute atomic E-state index is 12.8. The highest BCUT2D eigenvalue weighted by Gasteiger charge is 2.43. The van der Waals surface area contributed by atoms with Crippen LogP contribution in [0, 0.1) is 0 Å². The van der Waals surface area contributed by atoms with Crippen molar-refractivity contribution in [3.05, 3.63) is 51.1 Å². The van der Waals surface area contributed by atoms with E-state index in [0.29, 0.717) is 19.5 Å². The van der Waals surface area contributed by atoms with E-state index in [1.54, 1.807) is 23.6 Å². The molecule has 1 amide bonds. The van der Waals surface area contributed by atoms with E-state index in [-0.39, 0.29) is 16.9 Å². The fraction of sp³-hybridized carbons (Fsp3) is 0.471. The van der Waals surface area contributed by atoms with Gasteiger partial charge < -0.3 is 5.32 Å². The quantitative estimate of drug-likeness (QED) is 0.826. The third-order valence-electron chi connectivity index (χ3n) is 4.50. The normalized spacial score (nSPS) is 16.3. The van der Waals surface area contributed by atoms with Crippen LogP contribution in [0.5, 0.6) is 0 Å². The first kappa shape index (κ1) is 15.9. The lowest BCUT2D eigenvalue weighted by atomic mass is 9.83. The number of carbonyl (C=O) groups excluding carboxylic acids is 1. The molecule has 2 aromatic rings. The summed E-state index contributed by atoms with van der Waals surface area (Å²) in [5.41, 5.74) is -0.444. The number of hydrogen-bond acceptors (Lipinski definition) is 4. The lowest BCUT2D eigenvalue weighted by Gasteiger charge is -2.26. The van der Waals surface area contributed by atoms with E-state index in [0.717, 1.165) is 25.7 Å². The van der Waals surface area contributed by atoms with Crippen LogP contribution in [0.3, 0.4) is 0 Å². The molecule has 2 heterocycles. The van der Waals surface area contributed by atoms with Gasteiger partial charge in [-0.1, -0.05) is 18.9 Å². The van der Waals surface area contributed by atoms with Crippen molar-refractivity contribution in [2.24, 2.45) is 0 Å². The SMILES string of the molecule is O=C(NCCCn1ncccc1=O)C1(c2cccs2)CCCC1. The Morgan fingerprint density at radius 1 is 1.30 bits per heavy atom. The van der Waals surface area contributed by atoms with Crippen LogP contribution >= 0.6 is 11.3 Å². The van der Waals surface area contributed by atoms with Crippen LogP contribution in [-0.2, 0) is 16.8 Å². The topological polar surface area (TPSA) is 64.0 Å². The molecule has 1 saturated carbocycles. The van der Waals surface area contributed by atoms with Gasteiger partial charge in [0.1, 0.15) is 0 Å². The van der Waals surface area contributed by atoms with Crippen LogP contribution in [0.4, 0.5) is 0 Å². The molecular formula is C17H21N3O2S. The van der Waals surface area contributed by atoms with Gasteiger partial charge in [0, 0.05) is 30.2 Å². The van der Waals surface area contributed by atoms with Crippen molar-refractivity contribution in [2.45, 2.75) is 44.1 Å². The van der Waals surface area contributed by atoms with Crippen LogP contribution in [-0.4, -0.2) is 22.2 Å². The molecule has 0 unspecified atom stereocenters. The van der Waals surface area contributed by atoms with Crippen molar-refractivity contribution in [1.82, 2.24) is 15.1 Å². The van der Waals surface area contributed by atoms with Gasteiger partial charge in [0.2, 0.25) is 5.91 Å². The Bertz CT molecular complexity index is 703. The lowest BCUT2D eigenvalue weighted by molar-refractivity contribution is -0.126. The zero-order valence-corrected chi connectivity index (χ0v) is 13.8. The minimum absolute atomic E-state index is 0.107. The van der Waals surface area contributed by atoms with Crippen molar-refractivity contribution in [3.8, 4) is 0 Å². The number of amides is 1. The molecule has 5 nitrogen and oxygen atoms in total. The molecule has 1 N–H and O–H groups in total. The van der Waals surface area contributed by atoms with Crippen molar-refractivity contribution >= 4 is 17.2 Å². The van der Waals surface area contributed by atoms with E-state index in [1.807, 2.05) is 11.4 Å². The Morgan fingerprint density at radius 3 is 2.83 bits per heavy atom. The summed E-state index contributed by atoms with van der Waals surface area (Å²) >= 11 is 1.67. The Kier molecular flexibility index (Phi) is 4.91. The lowest BCUT2D eigenvalue weighted by Crippen LogP contribution is -2.42. The molecule has 1 aliphatic rings. The van der Waals surface area contributed by atoms with Gasteiger partial charge in [-0.2, -0.15) is 5.10 Å². The number of nitrogens with zero attached hydrogens (tertiary/aromatic N) is 2. The monoisotopic (exact) mass is 331 g/mol. The van der Waals surface area contributed by atoms with Crippen molar-refractivity contribution < 1.29 is 4.79 Å². The summed E-state index contributed by atoms with van der Waals surface area (Å²) in [6, 6.07) is 7.21. The minimum atomic E-state index is -0.337. The first-order valence-corrected chi connectivity index (χ1v) is 8.95. The molecule has 1 fully saturated rings. The van der Waals surface area contributed by atoms with Gasteiger partial charge in [-0.25, -0.2) is 4.68 Å². The van der Waals surface area contributed by atoms with Crippen LogP contribution in [0.15, 0.2) is 40.6 Å². The van der Waals surface area contributed by atoms with Crippen molar-refractivity contribution in [3.63, 3.8) is 0 Å².